The third-order valence-electron chi connectivity index (χ3n) is 3.05. The third kappa shape index (κ3) is 4.51. The minimum Gasteiger partial charge on any atom is -0.496 e. The number of hydrogen-bond acceptors (Lipinski definition) is 3. The average molecular weight is 329 g/mol. The molecule has 0 fully saturated rings. The molecule has 0 saturated carbocycles. The molecule has 4 nitrogen and oxygen atoms in total. The molecule has 0 aliphatic carbocycles. The predicted octanol–water partition coefficient (Wildman–Crippen LogP) is 2.45. The number of benzene rings is 1. The fourth-order valence-electron chi connectivity index (χ4n) is 1.72. The van der Waals surface area contributed by atoms with Gasteiger partial charge in [-0.3, -0.25) is 4.79 Å². The van der Waals surface area contributed by atoms with Crippen LogP contribution in [0.2, 0.25) is 0 Å². The van der Waals surface area contributed by atoms with Crippen LogP contribution in [0, 0.1) is 5.41 Å². The smallest absolute Gasteiger partial charge is 0.225 e. The number of rotatable bonds is 6. The molecule has 19 heavy (non-hydrogen) atoms. The molecule has 1 aromatic carbocycles. The summed E-state index contributed by atoms with van der Waals surface area (Å²) < 4.78 is 6.04. The number of carbonyl (C=O) groups excluding carboxylic acids is 1. The molecule has 5 heteroatoms. The number of hydrogen-bond donors (Lipinski definition) is 2. The number of ether oxygens (including phenoxy) is 1. The molecular weight excluding hydrogens is 308 g/mol. The second kappa shape index (κ2) is 6.91. The Morgan fingerprint density at radius 2 is 2.16 bits per heavy atom. The van der Waals surface area contributed by atoms with Crippen LogP contribution in [0.3, 0.4) is 0 Å². The molecule has 0 spiro atoms. The van der Waals surface area contributed by atoms with Gasteiger partial charge in [-0.2, -0.15) is 0 Å². The van der Waals surface area contributed by atoms with Gasteiger partial charge >= 0.3 is 0 Å². The molecule has 0 heterocycles. The SMILES string of the molecule is COc1ccc(CNC(=O)C(C)(C)CCN)cc1Br. The zero-order valence-electron chi connectivity index (χ0n) is 11.6. The molecule has 0 aliphatic rings. The molecular formula is C14H21BrN2O2. The van der Waals surface area contributed by atoms with E-state index in [2.05, 4.69) is 21.2 Å². The van der Waals surface area contributed by atoms with E-state index in [9.17, 15) is 4.79 Å². The van der Waals surface area contributed by atoms with Crippen molar-refractivity contribution in [2.45, 2.75) is 26.8 Å². The summed E-state index contributed by atoms with van der Waals surface area (Å²) in [5.74, 6) is 0.795. The second-order valence-corrected chi connectivity index (χ2v) is 5.93. The summed E-state index contributed by atoms with van der Waals surface area (Å²) in [5.41, 5.74) is 6.10. The van der Waals surface area contributed by atoms with Crippen molar-refractivity contribution < 1.29 is 9.53 Å². The monoisotopic (exact) mass is 328 g/mol. The lowest BCUT2D eigenvalue weighted by Crippen LogP contribution is -2.37. The van der Waals surface area contributed by atoms with Gasteiger partial charge in [0, 0.05) is 12.0 Å². The first-order valence-corrected chi connectivity index (χ1v) is 7.01. The number of nitrogens with two attached hydrogens (primary N) is 1. The summed E-state index contributed by atoms with van der Waals surface area (Å²) in [6.07, 6.45) is 0.672. The van der Waals surface area contributed by atoms with Gasteiger partial charge in [-0.1, -0.05) is 19.9 Å². The Balaban J connectivity index is 2.62. The Hall–Kier alpha value is -1.07. The Labute approximate surface area is 122 Å². The summed E-state index contributed by atoms with van der Waals surface area (Å²) in [7, 11) is 1.62. The average Bonchev–Trinajstić information content (AvgIpc) is 2.36. The summed E-state index contributed by atoms with van der Waals surface area (Å²) in [5, 5.41) is 2.93. The van der Waals surface area contributed by atoms with Crippen LogP contribution in [0.15, 0.2) is 22.7 Å². The van der Waals surface area contributed by atoms with Crippen molar-refractivity contribution in [2.24, 2.45) is 11.1 Å². The summed E-state index contributed by atoms with van der Waals surface area (Å²) in [6.45, 7) is 4.81. The van der Waals surface area contributed by atoms with Crippen LogP contribution < -0.4 is 15.8 Å². The summed E-state index contributed by atoms with van der Waals surface area (Å²) >= 11 is 3.42. The van der Waals surface area contributed by atoms with E-state index < -0.39 is 5.41 Å². The standard InChI is InChI=1S/C14H21BrN2O2/c1-14(2,6-7-16)13(18)17-9-10-4-5-12(19-3)11(15)8-10/h4-5,8H,6-7,9,16H2,1-3H3,(H,17,18). The van der Waals surface area contributed by atoms with Crippen LogP contribution in [-0.2, 0) is 11.3 Å². The van der Waals surface area contributed by atoms with E-state index in [-0.39, 0.29) is 5.91 Å². The van der Waals surface area contributed by atoms with Crippen LogP contribution in [0.5, 0.6) is 5.75 Å². The molecule has 106 valence electrons. The minimum absolute atomic E-state index is 0.0184. The van der Waals surface area contributed by atoms with Crippen LogP contribution in [0.25, 0.3) is 0 Å². The van der Waals surface area contributed by atoms with E-state index in [0.29, 0.717) is 19.5 Å². The lowest BCUT2D eigenvalue weighted by Gasteiger charge is -2.22. The van der Waals surface area contributed by atoms with Crippen LogP contribution in [0.4, 0.5) is 0 Å². The van der Waals surface area contributed by atoms with Gasteiger partial charge in [-0.25, -0.2) is 0 Å². The Morgan fingerprint density at radius 1 is 1.47 bits per heavy atom. The summed E-state index contributed by atoms with van der Waals surface area (Å²) in [4.78, 5) is 12.0. The normalized spacial score (nSPS) is 11.2. The quantitative estimate of drug-likeness (QED) is 0.843. The van der Waals surface area contributed by atoms with Gasteiger partial charge in [-0.15, -0.1) is 0 Å². The predicted molar refractivity (Wildman–Crippen MR) is 80.0 cm³/mol. The molecule has 0 aliphatic heterocycles. The summed E-state index contributed by atoms with van der Waals surface area (Å²) in [6, 6.07) is 5.74. The number of carbonyl (C=O) groups is 1. The number of methoxy groups -OCH3 is 1. The van der Waals surface area contributed by atoms with Crippen LogP contribution in [-0.4, -0.2) is 19.6 Å². The number of amides is 1. The van der Waals surface area contributed by atoms with E-state index in [1.54, 1.807) is 7.11 Å². The molecule has 0 radical (unpaired) electrons. The van der Waals surface area contributed by atoms with Gasteiger partial charge < -0.3 is 15.8 Å². The molecule has 1 aromatic rings. The number of halogens is 1. The zero-order valence-corrected chi connectivity index (χ0v) is 13.2. The molecule has 1 rings (SSSR count). The van der Waals surface area contributed by atoms with Gasteiger partial charge in [0.2, 0.25) is 5.91 Å². The molecule has 0 bridgehead atoms. The topological polar surface area (TPSA) is 64.3 Å². The lowest BCUT2D eigenvalue weighted by atomic mass is 9.88. The molecule has 1 amide bonds. The first-order chi connectivity index (χ1) is 8.90. The minimum atomic E-state index is -0.432. The maximum absolute atomic E-state index is 12.0. The van der Waals surface area contributed by atoms with E-state index in [1.165, 1.54) is 0 Å². The van der Waals surface area contributed by atoms with Gasteiger partial charge in [-0.05, 0) is 46.6 Å². The van der Waals surface area contributed by atoms with Crippen molar-refractivity contribution in [3.8, 4) is 5.75 Å². The van der Waals surface area contributed by atoms with Crippen molar-refractivity contribution in [3.05, 3.63) is 28.2 Å². The van der Waals surface area contributed by atoms with Crippen molar-refractivity contribution in [1.82, 2.24) is 5.32 Å². The zero-order chi connectivity index (χ0) is 14.5. The van der Waals surface area contributed by atoms with Crippen LogP contribution >= 0.6 is 15.9 Å². The highest BCUT2D eigenvalue weighted by molar-refractivity contribution is 9.10. The van der Waals surface area contributed by atoms with Gasteiger partial charge in [0.05, 0.1) is 11.6 Å². The van der Waals surface area contributed by atoms with Gasteiger partial charge in [0.25, 0.3) is 0 Å². The Kier molecular flexibility index (Phi) is 5.82. The van der Waals surface area contributed by atoms with Crippen molar-refractivity contribution >= 4 is 21.8 Å². The van der Waals surface area contributed by atoms with Crippen molar-refractivity contribution in [1.29, 1.82) is 0 Å². The number of nitrogens with one attached hydrogen (secondary N) is 1. The van der Waals surface area contributed by atoms with E-state index in [0.717, 1.165) is 15.8 Å². The van der Waals surface area contributed by atoms with Crippen LogP contribution in [0.1, 0.15) is 25.8 Å². The molecule has 0 saturated heterocycles. The lowest BCUT2D eigenvalue weighted by molar-refractivity contribution is -0.129. The molecule has 0 atom stereocenters. The third-order valence-corrected chi connectivity index (χ3v) is 3.67. The maximum Gasteiger partial charge on any atom is 0.225 e. The highest BCUT2D eigenvalue weighted by Crippen LogP contribution is 2.25. The Bertz CT molecular complexity index is 447. The second-order valence-electron chi connectivity index (χ2n) is 5.07. The fourth-order valence-corrected chi connectivity index (χ4v) is 2.30. The molecule has 0 unspecified atom stereocenters. The van der Waals surface area contributed by atoms with Crippen molar-refractivity contribution in [3.63, 3.8) is 0 Å². The first-order valence-electron chi connectivity index (χ1n) is 6.21. The van der Waals surface area contributed by atoms with Crippen molar-refractivity contribution in [2.75, 3.05) is 13.7 Å². The molecule has 3 N–H and O–H groups in total. The fraction of sp³-hybridized carbons (Fsp3) is 0.500. The van der Waals surface area contributed by atoms with Gasteiger partial charge in [0.1, 0.15) is 5.75 Å². The van der Waals surface area contributed by atoms with Gasteiger partial charge in [0.15, 0.2) is 0 Å². The first kappa shape index (κ1) is 16.0. The maximum atomic E-state index is 12.0. The largest absolute Gasteiger partial charge is 0.496 e. The van der Waals surface area contributed by atoms with E-state index in [4.69, 9.17) is 10.5 Å². The highest BCUT2D eigenvalue weighted by Gasteiger charge is 2.26. The molecule has 0 aromatic heterocycles. The highest BCUT2D eigenvalue weighted by atomic mass is 79.9. The Morgan fingerprint density at radius 3 is 2.68 bits per heavy atom. The van der Waals surface area contributed by atoms with E-state index in [1.807, 2.05) is 32.0 Å². The van der Waals surface area contributed by atoms with E-state index >= 15 is 0 Å².